The molecule has 3 rings (SSSR count). The van der Waals surface area contributed by atoms with Gasteiger partial charge in [-0.25, -0.2) is 9.48 Å². The van der Waals surface area contributed by atoms with Gasteiger partial charge in [-0.15, -0.1) is 0 Å². The Kier molecular flexibility index (Phi) is 7.55. The molecule has 8 heteroatoms. The van der Waals surface area contributed by atoms with Crippen LogP contribution in [0, 0.1) is 20.8 Å². The summed E-state index contributed by atoms with van der Waals surface area (Å²) >= 11 is 6.10. The summed E-state index contributed by atoms with van der Waals surface area (Å²) in [4.78, 5) is 24.9. The summed E-state index contributed by atoms with van der Waals surface area (Å²) in [5, 5.41) is 7.79. The Morgan fingerprint density at radius 3 is 2.52 bits per heavy atom. The van der Waals surface area contributed by atoms with Crippen LogP contribution in [0.5, 0.6) is 5.75 Å². The zero-order valence-electron chi connectivity index (χ0n) is 19.2. The maximum atomic E-state index is 12.5. The van der Waals surface area contributed by atoms with Gasteiger partial charge < -0.3 is 14.8 Å². The van der Waals surface area contributed by atoms with Crippen molar-refractivity contribution in [1.29, 1.82) is 0 Å². The van der Waals surface area contributed by atoms with Gasteiger partial charge in [-0.2, -0.15) is 5.10 Å². The summed E-state index contributed by atoms with van der Waals surface area (Å²) in [7, 11) is 1.48. The quantitative estimate of drug-likeness (QED) is 0.388. The third-order valence-electron chi connectivity index (χ3n) is 5.13. The van der Waals surface area contributed by atoms with Gasteiger partial charge in [0.1, 0.15) is 5.75 Å². The van der Waals surface area contributed by atoms with Crippen LogP contribution in [0.25, 0.3) is 11.8 Å². The molecule has 3 aromatic rings. The number of aryl methyl sites for hydroxylation is 2. The second-order valence-electron chi connectivity index (χ2n) is 7.54. The van der Waals surface area contributed by atoms with Crippen molar-refractivity contribution in [2.75, 3.05) is 12.4 Å². The van der Waals surface area contributed by atoms with Crippen molar-refractivity contribution in [3.63, 3.8) is 0 Å². The van der Waals surface area contributed by atoms with Crippen LogP contribution in [0.1, 0.15) is 29.4 Å². The predicted molar refractivity (Wildman–Crippen MR) is 129 cm³/mol. The maximum absolute atomic E-state index is 12.5. The van der Waals surface area contributed by atoms with Gasteiger partial charge in [-0.05, 0) is 57.5 Å². The van der Waals surface area contributed by atoms with Gasteiger partial charge in [0.2, 0.25) is 0 Å². The summed E-state index contributed by atoms with van der Waals surface area (Å²) in [6.45, 7) is 7.11. The highest BCUT2D eigenvalue weighted by Gasteiger charge is 2.19. The largest absolute Gasteiger partial charge is 0.495 e. The lowest BCUT2D eigenvalue weighted by Gasteiger charge is -2.15. The molecule has 2 aromatic carbocycles. The third kappa shape index (κ3) is 5.62. The van der Waals surface area contributed by atoms with Gasteiger partial charge in [-0.1, -0.05) is 29.8 Å². The van der Waals surface area contributed by atoms with Gasteiger partial charge in [0.25, 0.3) is 5.91 Å². The molecule has 0 saturated heterocycles. The van der Waals surface area contributed by atoms with Crippen molar-refractivity contribution < 1.29 is 19.1 Å². The number of carbonyl (C=O) groups excluding carboxylic acids is 2. The van der Waals surface area contributed by atoms with Gasteiger partial charge in [0, 0.05) is 28.4 Å². The van der Waals surface area contributed by atoms with Crippen LogP contribution >= 0.6 is 11.6 Å². The summed E-state index contributed by atoms with van der Waals surface area (Å²) in [6.07, 6.45) is 1.93. The lowest BCUT2D eigenvalue weighted by molar-refractivity contribution is -0.148. The minimum absolute atomic E-state index is 0.416. The van der Waals surface area contributed by atoms with Crippen molar-refractivity contribution in [3.05, 3.63) is 76.1 Å². The number of carbonyl (C=O) groups is 2. The number of halogens is 1. The molecule has 0 aliphatic rings. The molecule has 1 atom stereocenters. The van der Waals surface area contributed by atoms with Crippen LogP contribution in [0.3, 0.4) is 0 Å². The number of esters is 1. The lowest BCUT2D eigenvalue weighted by atomic mass is 10.2. The number of rotatable bonds is 7. The molecule has 0 spiro atoms. The van der Waals surface area contributed by atoms with E-state index >= 15 is 0 Å². The van der Waals surface area contributed by atoms with Crippen molar-refractivity contribution in [1.82, 2.24) is 9.78 Å². The minimum atomic E-state index is -1.02. The second kappa shape index (κ2) is 10.4. The van der Waals surface area contributed by atoms with E-state index in [-0.39, 0.29) is 0 Å². The summed E-state index contributed by atoms with van der Waals surface area (Å²) in [6, 6.07) is 13.0. The molecule has 172 valence electrons. The summed E-state index contributed by atoms with van der Waals surface area (Å²) < 4.78 is 12.4. The van der Waals surface area contributed by atoms with Crippen molar-refractivity contribution in [2.45, 2.75) is 33.8 Å². The van der Waals surface area contributed by atoms with E-state index in [1.165, 1.54) is 20.1 Å². The number of amides is 1. The normalized spacial score (nSPS) is 11.9. The number of hydrogen-bond acceptors (Lipinski definition) is 5. The first-order chi connectivity index (χ1) is 15.7. The Hall–Kier alpha value is -3.58. The maximum Gasteiger partial charge on any atom is 0.331 e. The van der Waals surface area contributed by atoms with E-state index in [4.69, 9.17) is 21.1 Å². The fourth-order valence-corrected chi connectivity index (χ4v) is 3.45. The Bertz CT molecular complexity index is 1200. The number of methoxy groups -OCH3 is 1. The van der Waals surface area contributed by atoms with E-state index in [0.29, 0.717) is 16.5 Å². The molecule has 0 fully saturated rings. The molecule has 7 nitrogen and oxygen atoms in total. The highest BCUT2D eigenvalue weighted by Crippen LogP contribution is 2.31. The van der Waals surface area contributed by atoms with E-state index in [1.807, 2.05) is 55.8 Å². The van der Waals surface area contributed by atoms with Crippen LogP contribution in [-0.2, 0) is 14.3 Å². The van der Waals surface area contributed by atoms with Crippen molar-refractivity contribution >= 4 is 35.2 Å². The average molecular weight is 468 g/mol. The van der Waals surface area contributed by atoms with E-state index in [9.17, 15) is 9.59 Å². The fourth-order valence-electron chi connectivity index (χ4n) is 3.30. The molecule has 0 aliphatic carbocycles. The second-order valence-corrected chi connectivity index (χ2v) is 7.94. The summed E-state index contributed by atoms with van der Waals surface area (Å²) in [5.41, 5.74) is 4.63. The van der Waals surface area contributed by atoms with Gasteiger partial charge >= 0.3 is 5.97 Å². The number of nitrogens with zero attached hydrogens (tertiary/aromatic N) is 2. The smallest absolute Gasteiger partial charge is 0.331 e. The first kappa shape index (κ1) is 24.1. The Morgan fingerprint density at radius 2 is 1.85 bits per heavy atom. The number of nitrogens with one attached hydrogen (secondary N) is 1. The van der Waals surface area contributed by atoms with E-state index in [0.717, 1.165) is 28.2 Å². The monoisotopic (exact) mass is 467 g/mol. The van der Waals surface area contributed by atoms with Gasteiger partial charge in [0.05, 0.1) is 24.2 Å². The topological polar surface area (TPSA) is 82.4 Å². The zero-order chi connectivity index (χ0) is 24.1. The van der Waals surface area contributed by atoms with E-state index in [2.05, 4.69) is 10.4 Å². The molecule has 33 heavy (non-hydrogen) atoms. The molecule has 0 saturated carbocycles. The van der Waals surface area contributed by atoms with Crippen LogP contribution in [-0.4, -0.2) is 34.9 Å². The molecular weight excluding hydrogens is 442 g/mol. The standard InChI is InChI=1S/C25H26ClN3O4/c1-15-13-22(23(32-5)14-21(15)26)27-25(31)18(4)33-24(30)12-11-20-16(2)28-29(17(20)3)19-9-7-6-8-10-19/h6-14,18H,1-5H3,(H,27,31)/b12-11+. The fraction of sp³-hybridized carbons (Fsp3) is 0.240. The summed E-state index contributed by atoms with van der Waals surface area (Å²) in [5.74, 6) is -0.706. The lowest BCUT2D eigenvalue weighted by Crippen LogP contribution is -2.29. The third-order valence-corrected chi connectivity index (χ3v) is 5.54. The van der Waals surface area contributed by atoms with Crippen molar-refractivity contribution in [3.8, 4) is 11.4 Å². The molecule has 1 amide bonds. The van der Waals surface area contributed by atoms with Crippen LogP contribution in [0.15, 0.2) is 48.5 Å². The number of hydrogen-bond donors (Lipinski definition) is 1. The molecular formula is C25H26ClN3O4. The zero-order valence-corrected chi connectivity index (χ0v) is 19.9. The molecule has 0 radical (unpaired) electrons. The van der Waals surface area contributed by atoms with E-state index in [1.54, 1.807) is 18.2 Å². The van der Waals surface area contributed by atoms with Gasteiger partial charge in [-0.3, -0.25) is 4.79 Å². The molecule has 1 heterocycles. The van der Waals surface area contributed by atoms with Crippen LogP contribution in [0.4, 0.5) is 5.69 Å². The Morgan fingerprint density at radius 1 is 1.15 bits per heavy atom. The molecule has 0 bridgehead atoms. The average Bonchev–Trinajstić information content (AvgIpc) is 3.08. The van der Waals surface area contributed by atoms with Crippen LogP contribution in [0.2, 0.25) is 5.02 Å². The van der Waals surface area contributed by atoms with Crippen molar-refractivity contribution in [2.24, 2.45) is 0 Å². The Balaban J connectivity index is 1.67. The Labute approximate surface area is 198 Å². The number of aromatic nitrogens is 2. The molecule has 0 aliphatic heterocycles. The number of para-hydroxylation sites is 1. The number of ether oxygens (including phenoxy) is 2. The van der Waals surface area contributed by atoms with Crippen LogP contribution < -0.4 is 10.1 Å². The van der Waals surface area contributed by atoms with E-state index < -0.39 is 18.0 Å². The predicted octanol–water partition coefficient (Wildman–Crippen LogP) is 5.04. The molecule has 1 N–H and O–H groups in total. The minimum Gasteiger partial charge on any atom is -0.495 e. The highest BCUT2D eigenvalue weighted by atomic mass is 35.5. The molecule has 1 unspecified atom stereocenters. The van der Waals surface area contributed by atoms with Gasteiger partial charge in [0.15, 0.2) is 6.10 Å². The number of anilines is 1. The first-order valence-electron chi connectivity index (χ1n) is 10.4. The highest BCUT2D eigenvalue weighted by molar-refractivity contribution is 6.31. The SMILES string of the molecule is COc1cc(Cl)c(C)cc1NC(=O)C(C)OC(=O)/C=C/c1c(C)nn(-c2ccccc2)c1C. The first-order valence-corrected chi connectivity index (χ1v) is 10.7. The molecule has 1 aromatic heterocycles. The number of benzene rings is 2.